The van der Waals surface area contributed by atoms with E-state index in [4.69, 9.17) is 0 Å². The van der Waals surface area contributed by atoms with Crippen LogP contribution >= 0.6 is 0 Å². The van der Waals surface area contributed by atoms with Gasteiger partial charge in [-0.1, -0.05) is 12.1 Å². The van der Waals surface area contributed by atoms with Crippen molar-refractivity contribution in [3.8, 4) is 5.82 Å². The second-order valence-electron chi connectivity index (χ2n) is 5.42. The predicted molar refractivity (Wildman–Crippen MR) is 93.2 cm³/mol. The third-order valence-corrected chi connectivity index (χ3v) is 5.33. The van der Waals surface area contributed by atoms with Crippen molar-refractivity contribution in [2.45, 2.75) is 18.4 Å². The van der Waals surface area contributed by atoms with Crippen molar-refractivity contribution in [1.29, 1.82) is 0 Å². The molecule has 0 unspecified atom stereocenters. The summed E-state index contributed by atoms with van der Waals surface area (Å²) in [5.74, 6) is 0.496. The topological polar surface area (TPSA) is 120 Å². The van der Waals surface area contributed by atoms with Crippen LogP contribution in [0.25, 0.3) is 5.82 Å². The Kier molecular flexibility index (Phi) is 4.78. The minimum atomic E-state index is -3.94. The van der Waals surface area contributed by atoms with E-state index >= 15 is 0 Å². The zero-order chi connectivity index (χ0) is 18.7. The molecule has 0 spiro atoms. The van der Waals surface area contributed by atoms with E-state index in [1.807, 2.05) is 0 Å². The number of rotatable bonds is 6. The van der Waals surface area contributed by atoms with Gasteiger partial charge in [-0.2, -0.15) is 5.10 Å². The number of nitro groups is 1. The third-order valence-electron chi connectivity index (χ3n) is 3.78. The number of benzene rings is 1. The van der Waals surface area contributed by atoms with Gasteiger partial charge in [0.25, 0.3) is 5.69 Å². The summed E-state index contributed by atoms with van der Waals surface area (Å²) in [6.45, 7) is 1.37. The molecule has 134 valence electrons. The van der Waals surface area contributed by atoms with Gasteiger partial charge in [-0.3, -0.25) is 10.1 Å². The van der Waals surface area contributed by atoms with Crippen LogP contribution in [0.5, 0.6) is 0 Å². The summed E-state index contributed by atoms with van der Waals surface area (Å²) in [5, 5.41) is 15.1. The zero-order valence-corrected chi connectivity index (χ0v) is 14.5. The minimum Gasteiger partial charge on any atom is -0.258 e. The van der Waals surface area contributed by atoms with Gasteiger partial charge in [0.1, 0.15) is 0 Å². The first-order valence-electron chi connectivity index (χ1n) is 7.58. The van der Waals surface area contributed by atoms with Gasteiger partial charge in [-0.25, -0.2) is 22.8 Å². The van der Waals surface area contributed by atoms with Gasteiger partial charge >= 0.3 is 0 Å². The van der Waals surface area contributed by atoms with E-state index in [-0.39, 0.29) is 22.7 Å². The summed E-state index contributed by atoms with van der Waals surface area (Å²) in [7, 11) is -3.94. The van der Waals surface area contributed by atoms with Crippen molar-refractivity contribution in [2.75, 3.05) is 0 Å². The number of pyridine rings is 1. The van der Waals surface area contributed by atoms with Crippen LogP contribution in [-0.2, 0) is 16.6 Å². The molecule has 0 aliphatic rings. The molecule has 2 heterocycles. The normalized spacial score (nSPS) is 11.4. The first-order valence-corrected chi connectivity index (χ1v) is 9.06. The standard InChI is InChI=1S/C16H15N5O4S/c1-12-14(21(22)23)6-2-7-15(12)26(24,25)19-11-13-5-3-8-17-16(13)20-10-4-9-18-20/h2-10,19H,11H2,1H3. The average molecular weight is 373 g/mol. The monoisotopic (exact) mass is 373 g/mol. The average Bonchev–Trinajstić information content (AvgIpc) is 3.14. The fourth-order valence-electron chi connectivity index (χ4n) is 2.51. The number of aromatic nitrogens is 3. The Bertz CT molecular complexity index is 1050. The minimum absolute atomic E-state index is 0.0342. The molecule has 2 aromatic heterocycles. The fourth-order valence-corrected chi connectivity index (χ4v) is 3.78. The number of sulfonamides is 1. The first-order chi connectivity index (χ1) is 12.4. The van der Waals surface area contributed by atoms with E-state index in [2.05, 4.69) is 14.8 Å². The molecule has 0 radical (unpaired) electrons. The Morgan fingerprint density at radius 1 is 1.19 bits per heavy atom. The Morgan fingerprint density at radius 3 is 2.69 bits per heavy atom. The van der Waals surface area contributed by atoms with E-state index in [1.165, 1.54) is 29.8 Å². The van der Waals surface area contributed by atoms with Gasteiger partial charge < -0.3 is 0 Å². The Labute approximate surface area is 149 Å². The summed E-state index contributed by atoms with van der Waals surface area (Å²) in [5.41, 5.74) is 0.456. The molecule has 0 saturated carbocycles. The second kappa shape index (κ2) is 7.02. The molecule has 0 saturated heterocycles. The third kappa shape index (κ3) is 3.46. The molecule has 1 N–H and O–H groups in total. The van der Waals surface area contributed by atoms with E-state index in [0.717, 1.165) is 0 Å². The van der Waals surface area contributed by atoms with Gasteiger partial charge in [0.2, 0.25) is 10.0 Å². The van der Waals surface area contributed by atoms with Gasteiger partial charge in [0.15, 0.2) is 5.82 Å². The molecule has 3 rings (SSSR count). The zero-order valence-electron chi connectivity index (χ0n) is 13.7. The van der Waals surface area contributed by atoms with Crippen LogP contribution < -0.4 is 4.72 Å². The van der Waals surface area contributed by atoms with Crippen LogP contribution in [0, 0.1) is 17.0 Å². The van der Waals surface area contributed by atoms with E-state index in [0.29, 0.717) is 11.4 Å². The molecular formula is C16H15N5O4S. The summed E-state index contributed by atoms with van der Waals surface area (Å²) in [4.78, 5) is 14.5. The molecule has 1 aromatic carbocycles. The summed E-state index contributed by atoms with van der Waals surface area (Å²) in [6.07, 6.45) is 4.87. The summed E-state index contributed by atoms with van der Waals surface area (Å²) < 4.78 is 29.2. The highest BCUT2D eigenvalue weighted by Gasteiger charge is 2.23. The van der Waals surface area contributed by atoms with Gasteiger partial charge in [0, 0.05) is 42.3 Å². The molecule has 0 amide bonds. The molecule has 26 heavy (non-hydrogen) atoms. The molecule has 9 nitrogen and oxygen atoms in total. The predicted octanol–water partition coefficient (Wildman–Crippen LogP) is 1.96. The molecule has 0 aliphatic heterocycles. The lowest BCUT2D eigenvalue weighted by Crippen LogP contribution is -2.25. The lowest BCUT2D eigenvalue weighted by Gasteiger charge is -2.11. The maximum atomic E-state index is 12.6. The largest absolute Gasteiger partial charge is 0.273 e. The van der Waals surface area contributed by atoms with Crippen LogP contribution in [0.3, 0.4) is 0 Å². The van der Waals surface area contributed by atoms with Gasteiger partial charge in [-0.05, 0) is 25.1 Å². The number of nitrogens with zero attached hydrogens (tertiary/aromatic N) is 4. The highest BCUT2D eigenvalue weighted by molar-refractivity contribution is 7.89. The molecular weight excluding hydrogens is 358 g/mol. The number of nitro benzene ring substituents is 1. The molecule has 10 heteroatoms. The molecule has 3 aromatic rings. The highest BCUT2D eigenvalue weighted by Crippen LogP contribution is 2.24. The van der Waals surface area contributed by atoms with Gasteiger partial charge in [-0.15, -0.1) is 0 Å². The molecule has 0 atom stereocenters. The summed E-state index contributed by atoms with van der Waals surface area (Å²) in [6, 6.07) is 9.10. The lowest BCUT2D eigenvalue weighted by molar-refractivity contribution is -0.385. The van der Waals surface area contributed by atoms with Crippen LogP contribution in [0.1, 0.15) is 11.1 Å². The van der Waals surface area contributed by atoms with Crippen molar-refractivity contribution < 1.29 is 13.3 Å². The SMILES string of the molecule is Cc1c([N+](=O)[O-])cccc1S(=O)(=O)NCc1cccnc1-n1cccn1. The number of nitrogens with one attached hydrogen (secondary N) is 1. The van der Waals surface area contributed by atoms with Crippen molar-refractivity contribution >= 4 is 15.7 Å². The van der Waals surface area contributed by atoms with Crippen LogP contribution in [0.15, 0.2) is 59.9 Å². The van der Waals surface area contributed by atoms with Crippen LogP contribution in [0.4, 0.5) is 5.69 Å². The fraction of sp³-hybridized carbons (Fsp3) is 0.125. The van der Waals surface area contributed by atoms with Crippen molar-refractivity contribution in [2.24, 2.45) is 0 Å². The maximum Gasteiger partial charge on any atom is 0.273 e. The Hall–Kier alpha value is -3.11. The maximum absolute atomic E-state index is 12.6. The van der Waals surface area contributed by atoms with Crippen molar-refractivity contribution in [1.82, 2.24) is 19.5 Å². The number of hydrogen-bond acceptors (Lipinski definition) is 6. The summed E-state index contributed by atoms with van der Waals surface area (Å²) >= 11 is 0. The van der Waals surface area contributed by atoms with E-state index in [9.17, 15) is 18.5 Å². The lowest BCUT2D eigenvalue weighted by atomic mass is 10.2. The first kappa shape index (κ1) is 17.7. The van der Waals surface area contributed by atoms with E-state index in [1.54, 1.807) is 36.8 Å². The number of hydrogen-bond donors (Lipinski definition) is 1. The van der Waals surface area contributed by atoms with Gasteiger partial charge in [0.05, 0.1) is 9.82 Å². The Morgan fingerprint density at radius 2 is 2.00 bits per heavy atom. The second-order valence-corrected chi connectivity index (χ2v) is 7.15. The van der Waals surface area contributed by atoms with Crippen molar-refractivity contribution in [3.63, 3.8) is 0 Å². The van der Waals surface area contributed by atoms with Crippen LogP contribution in [-0.4, -0.2) is 28.1 Å². The van der Waals surface area contributed by atoms with Crippen LogP contribution in [0.2, 0.25) is 0 Å². The smallest absolute Gasteiger partial charge is 0.258 e. The molecule has 0 fully saturated rings. The molecule has 0 bridgehead atoms. The quantitative estimate of drug-likeness (QED) is 0.521. The van der Waals surface area contributed by atoms with E-state index < -0.39 is 14.9 Å². The van der Waals surface area contributed by atoms with Crippen molar-refractivity contribution in [3.05, 3.63) is 76.2 Å². The molecule has 0 aliphatic carbocycles. The Balaban J connectivity index is 1.89. The highest BCUT2D eigenvalue weighted by atomic mass is 32.2.